The van der Waals surface area contributed by atoms with Crippen molar-refractivity contribution in [3.05, 3.63) is 46.5 Å². The third-order valence-electron chi connectivity index (χ3n) is 2.37. The summed E-state index contributed by atoms with van der Waals surface area (Å²) in [6.45, 7) is 1.86. The predicted octanol–water partition coefficient (Wildman–Crippen LogP) is 3.27. The van der Waals surface area contributed by atoms with Crippen LogP contribution < -0.4 is 0 Å². The van der Waals surface area contributed by atoms with Gasteiger partial charge in [-0.05, 0) is 31.2 Å². The van der Waals surface area contributed by atoms with Crippen LogP contribution >= 0.6 is 11.6 Å². The number of rotatable bonds is 2. The summed E-state index contributed by atoms with van der Waals surface area (Å²) in [5.74, 6) is -0.278. The van der Waals surface area contributed by atoms with Gasteiger partial charge in [-0.15, -0.1) is 0 Å². The van der Waals surface area contributed by atoms with Crippen LogP contribution in [0, 0.1) is 12.7 Å². The third kappa shape index (κ3) is 2.53. The molecule has 0 saturated heterocycles. The monoisotopic (exact) mass is 251 g/mol. The molecule has 0 bridgehead atoms. The summed E-state index contributed by atoms with van der Waals surface area (Å²) in [6.07, 6.45) is 1.64. The van der Waals surface area contributed by atoms with Crippen LogP contribution in [-0.4, -0.2) is 16.0 Å². The minimum Gasteiger partial charge on any atom is -0.256 e. The lowest BCUT2D eigenvalue weighted by molar-refractivity contribution is 0.628. The smallest absolute Gasteiger partial charge is 0.135 e. The van der Waals surface area contributed by atoms with Gasteiger partial charge in [0.05, 0.1) is 16.9 Å². The van der Waals surface area contributed by atoms with Crippen LogP contribution in [-0.2, 0) is 7.05 Å². The Hall–Kier alpha value is -1.68. The minimum absolute atomic E-state index is 0.278. The van der Waals surface area contributed by atoms with Gasteiger partial charge in [0.1, 0.15) is 11.0 Å². The Morgan fingerprint density at radius 1 is 1.35 bits per heavy atom. The van der Waals surface area contributed by atoms with Crippen molar-refractivity contribution >= 4 is 23.5 Å². The van der Waals surface area contributed by atoms with E-state index in [0.29, 0.717) is 10.8 Å². The van der Waals surface area contributed by atoms with Gasteiger partial charge in [0, 0.05) is 13.3 Å². The summed E-state index contributed by atoms with van der Waals surface area (Å²) in [7, 11) is 1.77. The second-order valence-electron chi connectivity index (χ2n) is 3.65. The number of hydrogen-bond donors (Lipinski definition) is 0. The molecule has 0 amide bonds. The lowest BCUT2D eigenvalue weighted by Crippen LogP contribution is -1.89. The summed E-state index contributed by atoms with van der Waals surface area (Å²) >= 11 is 6.05. The van der Waals surface area contributed by atoms with Crippen LogP contribution in [0.3, 0.4) is 0 Å². The van der Waals surface area contributed by atoms with E-state index in [1.807, 2.05) is 6.92 Å². The molecule has 3 nitrogen and oxygen atoms in total. The van der Waals surface area contributed by atoms with Crippen molar-refractivity contribution in [2.45, 2.75) is 6.92 Å². The molecule has 1 aromatic carbocycles. The molecule has 1 heterocycles. The number of aromatic nitrogens is 2. The minimum atomic E-state index is -0.278. The molecule has 0 radical (unpaired) electrons. The Bertz CT molecular complexity index is 558. The van der Waals surface area contributed by atoms with Crippen molar-refractivity contribution in [1.82, 2.24) is 9.78 Å². The van der Waals surface area contributed by atoms with E-state index in [2.05, 4.69) is 10.1 Å². The zero-order chi connectivity index (χ0) is 12.4. The van der Waals surface area contributed by atoms with E-state index in [9.17, 15) is 4.39 Å². The number of benzene rings is 1. The Labute approximate surface area is 104 Å². The molecule has 0 unspecified atom stereocenters. The summed E-state index contributed by atoms with van der Waals surface area (Å²) in [4.78, 5) is 4.22. The van der Waals surface area contributed by atoms with E-state index >= 15 is 0 Å². The highest BCUT2D eigenvalue weighted by molar-refractivity contribution is 6.32. The van der Waals surface area contributed by atoms with Gasteiger partial charge in [-0.25, -0.2) is 4.39 Å². The zero-order valence-electron chi connectivity index (χ0n) is 9.48. The average Bonchev–Trinajstić information content (AvgIpc) is 2.54. The Balaban J connectivity index is 2.29. The maximum atomic E-state index is 12.7. The number of halogens is 2. The van der Waals surface area contributed by atoms with Gasteiger partial charge < -0.3 is 0 Å². The fraction of sp³-hybridized carbons (Fsp3) is 0.167. The molecule has 0 saturated carbocycles. The lowest BCUT2D eigenvalue weighted by atomic mass is 10.3. The molecule has 0 spiro atoms. The molecule has 0 fully saturated rings. The molecule has 2 aromatic rings. The van der Waals surface area contributed by atoms with Crippen LogP contribution in [0.5, 0.6) is 0 Å². The molecule has 1 aromatic heterocycles. The molecule has 2 rings (SSSR count). The number of hydrogen-bond acceptors (Lipinski definition) is 2. The first-order valence-electron chi connectivity index (χ1n) is 5.06. The number of aryl methyl sites for hydroxylation is 2. The van der Waals surface area contributed by atoms with E-state index in [1.54, 1.807) is 30.1 Å². The fourth-order valence-electron chi connectivity index (χ4n) is 1.46. The molecular formula is C12H11ClFN3. The Kier molecular flexibility index (Phi) is 3.24. The SMILES string of the molecule is Cc1nn(C)c(Cl)c1C=Nc1ccc(F)cc1. The molecule has 88 valence electrons. The summed E-state index contributed by atoms with van der Waals surface area (Å²) in [6, 6.07) is 5.94. The summed E-state index contributed by atoms with van der Waals surface area (Å²) < 4.78 is 14.3. The number of nitrogens with zero attached hydrogens (tertiary/aromatic N) is 3. The Morgan fingerprint density at radius 3 is 2.53 bits per heavy atom. The van der Waals surface area contributed by atoms with Crippen LogP contribution in [0.15, 0.2) is 29.3 Å². The highest BCUT2D eigenvalue weighted by atomic mass is 35.5. The highest BCUT2D eigenvalue weighted by Crippen LogP contribution is 2.18. The second-order valence-corrected chi connectivity index (χ2v) is 4.01. The van der Waals surface area contributed by atoms with E-state index in [1.165, 1.54) is 12.1 Å². The van der Waals surface area contributed by atoms with Crippen molar-refractivity contribution in [3.8, 4) is 0 Å². The lowest BCUT2D eigenvalue weighted by Gasteiger charge is -1.94. The standard InChI is InChI=1S/C12H11ClFN3/c1-8-11(12(13)17(2)16-8)7-15-10-5-3-9(14)4-6-10/h3-7H,1-2H3. The van der Waals surface area contributed by atoms with Gasteiger partial charge in [-0.1, -0.05) is 11.6 Å². The van der Waals surface area contributed by atoms with E-state index in [-0.39, 0.29) is 5.82 Å². The normalized spacial score (nSPS) is 11.3. The first-order valence-corrected chi connectivity index (χ1v) is 5.44. The van der Waals surface area contributed by atoms with Gasteiger partial charge in [0.2, 0.25) is 0 Å². The Morgan fingerprint density at radius 2 is 2.00 bits per heavy atom. The summed E-state index contributed by atoms with van der Waals surface area (Å²) in [5, 5.41) is 4.71. The first kappa shape index (κ1) is 11.8. The quantitative estimate of drug-likeness (QED) is 0.754. The third-order valence-corrected chi connectivity index (χ3v) is 2.81. The average molecular weight is 252 g/mol. The molecule has 0 atom stereocenters. The molecule has 0 N–H and O–H groups in total. The molecule has 0 aliphatic heterocycles. The molecule has 0 aliphatic rings. The zero-order valence-corrected chi connectivity index (χ0v) is 10.2. The predicted molar refractivity (Wildman–Crippen MR) is 66.6 cm³/mol. The van der Waals surface area contributed by atoms with Crippen LogP contribution in [0.4, 0.5) is 10.1 Å². The molecule has 17 heavy (non-hydrogen) atoms. The van der Waals surface area contributed by atoms with Gasteiger partial charge in [0.15, 0.2) is 0 Å². The molecular weight excluding hydrogens is 241 g/mol. The van der Waals surface area contributed by atoms with Crippen molar-refractivity contribution in [2.75, 3.05) is 0 Å². The van der Waals surface area contributed by atoms with Crippen molar-refractivity contribution in [1.29, 1.82) is 0 Å². The largest absolute Gasteiger partial charge is 0.256 e. The fourth-order valence-corrected chi connectivity index (χ4v) is 1.68. The van der Waals surface area contributed by atoms with Crippen molar-refractivity contribution in [2.24, 2.45) is 12.0 Å². The van der Waals surface area contributed by atoms with E-state index in [0.717, 1.165) is 11.3 Å². The maximum Gasteiger partial charge on any atom is 0.135 e. The molecule has 5 heteroatoms. The number of aliphatic imine (C=N–C) groups is 1. The van der Waals surface area contributed by atoms with Gasteiger partial charge in [-0.2, -0.15) is 5.10 Å². The molecule has 0 aliphatic carbocycles. The second kappa shape index (κ2) is 4.67. The van der Waals surface area contributed by atoms with Crippen LogP contribution in [0.25, 0.3) is 0 Å². The summed E-state index contributed by atoms with van der Waals surface area (Å²) in [5.41, 5.74) is 2.26. The van der Waals surface area contributed by atoms with Crippen LogP contribution in [0.2, 0.25) is 5.15 Å². The van der Waals surface area contributed by atoms with E-state index < -0.39 is 0 Å². The first-order chi connectivity index (χ1) is 8.08. The highest BCUT2D eigenvalue weighted by Gasteiger charge is 2.08. The van der Waals surface area contributed by atoms with Crippen LogP contribution in [0.1, 0.15) is 11.3 Å². The van der Waals surface area contributed by atoms with Crippen molar-refractivity contribution < 1.29 is 4.39 Å². The maximum absolute atomic E-state index is 12.7. The van der Waals surface area contributed by atoms with E-state index in [4.69, 9.17) is 11.6 Å². The van der Waals surface area contributed by atoms with Gasteiger partial charge in [-0.3, -0.25) is 9.67 Å². The van der Waals surface area contributed by atoms with Crippen molar-refractivity contribution in [3.63, 3.8) is 0 Å². The topological polar surface area (TPSA) is 30.2 Å². The van der Waals surface area contributed by atoms with Gasteiger partial charge >= 0.3 is 0 Å². The van der Waals surface area contributed by atoms with Gasteiger partial charge in [0.25, 0.3) is 0 Å².